The number of hydrogen-bond acceptors (Lipinski definition) is 2. The Kier molecular flexibility index (Phi) is 1.42. The van der Waals surface area contributed by atoms with Gasteiger partial charge in [0.2, 0.25) is 0 Å². The maximum atomic E-state index is 7.13. The third kappa shape index (κ3) is 1.27. The van der Waals surface area contributed by atoms with Crippen molar-refractivity contribution < 1.29 is 0 Å². The zero-order chi connectivity index (χ0) is 5.11. The van der Waals surface area contributed by atoms with Crippen LogP contribution in [0.5, 0.6) is 0 Å². The molecule has 0 radical (unpaired) electrons. The molecule has 0 spiro atoms. The van der Waals surface area contributed by atoms with E-state index < -0.39 is 0 Å². The Balaban J connectivity index is 2.25. The average Bonchev–Trinajstić information content (AvgIpc) is 1.69. The fourth-order valence-electron chi connectivity index (χ4n) is 0.754. The number of piperidine rings is 1. The van der Waals surface area contributed by atoms with Crippen molar-refractivity contribution in [2.45, 2.75) is 12.8 Å². The molecule has 1 heterocycles. The van der Waals surface area contributed by atoms with E-state index in [9.17, 15) is 0 Å². The second-order valence-corrected chi connectivity index (χ2v) is 1.88. The van der Waals surface area contributed by atoms with E-state index in [0.29, 0.717) is 0 Å². The highest BCUT2D eigenvalue weighted by atomic mass is 14.9. The molecule has 2 N–H and O–H groups in total. The van der Waals surface area contributed by atoms with E-state index in [1.54, 1.807) is 0 Å². The van der Waals surface area contributed by atoms with Gasteiger partial charge in [0.1, 0.15) is 0 Å². The van der Waals surface area contributed by atoms with Gasteiger partial charge in [-0.05, 0) is 19.4 Å². The second-order valence-electron chi connectivity index (χ2n) is 1.88. The SMILES string of the molecule is N=C1CCCNC1. The minimum absolute atomic E-state index is 0.819. The summed E-state index contributed by atoms with van der Waals surface area (Å²) in [6, 6.07) is 0. The molecule has 2 heteroatoms. The average molecular weight is 98.1 g/mol. The predicted octanol–water partition coefficient (Wildman–Crippen LogP) is 0.390. The maximum absolute atomic E-state index is 7.13. The van der Waals surface area contributed by atoms with E-state index >= 15 is 0 Å². The Morgan fingerprint density at radius 2 is 2.43 bits per heavy atom. The highest BCUT2D eigenvalue weighted by Crippen LogP contribution is 1.93. The van der Waals surface area contributed by atoms with E-state index in [4.69, 9.17) is 5.41 Å². The Morgan fingerprint density at radius 3 is 2.71 bits per heavy atom. The van der Waals surface area contributed by atoms with Gasteiger partial charge in [-0.15, -0.1) is 0 Å². The van der Waals surface area contributed by atoms with Gasteiger partial charge in [-0.25, -0.2) is 0 Å². The second kappa shape index (κ2) is 2.07. The first-order valence-corrected chi connectivity index (χ1v) is 2.66. The number of rotatable bonds is 0. The topological polar surface area (TPSA) is 35.9 Å². The summed E-state index contributed by atoms with van der Waals surface area (Å²) >= 11 is 0. The molecule has 7 heavy (non-hydrogen) atoms. The lowest BCUT2D eigenvalue weighted by atomic mass is 10.1. The zero-order valence-electron chi connectivity index (χ0n) is 4.33. The molecule has 1 aliphatic heterocycles. The molecular formula is C5H10N2. The van der Waals surface area contributed by atoms with Crippen molar-refractivity contribution in [3.05, 3.63) is 0 Å². The largest absolute Gasteiger partial charge is 0.311 e. The highest BCUT2D eigenvalue weighted by molar-refractivity contribution is 5.83. The molecule has 0 aromatic heterocycles. The van der Waals surface area contributed by atoms with E-state index in [2.05, 4.69) is 5.32 Å². The lowest BCUT2D eigenvalue weighted by molar-refractivity contribution is 0.670. The van der Waals surface area contributed by atoms with Crippen LogP contribution in [0.4, 0.5) is 0 Å². The van der Waals surface area contributed by atoms with Crippen LogP contribution in [0, 0.1) is 5.41 Å². The third-order valence-electron chi connectivity index (χ3n) is 1.17. The quantitative estimate of drug-likeness (QED) is 0.451. The van der Waals surface area contributed by atoms with Crippen molar-refractivity contribution in [1.29, 1.82) is 5.41 Å². The summed E-state index contributed by atoms with van der Waals surface area (Å²) in [5.41, 5.74) is 0.853. The first kappa shape index (κ1) is 4.78. The Labute approximate surface area is 43.4 Å². The van der Waals surface area contributed by atoms with Crippen LogP contribution in [0.3, 0.4) is 0 Å². The van der Waals surface area contributed by atoms with Crippen LogP contribution in [0.25, 0.3) is 0 Å². The van der Waals surface area contributed by atoms with Gasteiger partial charge in [-0.3, -0.25) is 0 Å². The summed E-state index contributed by atoms with van der Waals surface area (Å²) in [4.78, 5) is 0. The summed E-state index contributed by atoms with van der Waals surface area (Å²) in [7, 11) is 0. The maximum Gasteiger partial charge on any atom is 0.0332 e. The standard InChI is InChI=1S/C5H10N2/c6-5-2-1-3-7-4-5/h6-7H,1-4H2. The summed E-state index contributed by atoms with van der Waals surface area (Å²) in [5, 5.41) is 10.2. The molecule has 0 aromatic carbocycles. The fourth-order valence-corrected chi connectivity index (χ4v) is 0.754. The van der Waals surface area contributed by atoms with Crippen LogP contribution in [0.15, 0.2) is 0 Å². The van der Waals surface area contributed by atoms with Gasteiger partial charge >= 0.3 is 0 Å². The lowest BCUT2D eigenvalue weighted by Crippen LogP contribution is -2.28. The van der Waals surface area contributed by atoms with E-state index in [1.807, 2.05) is 0 Å². The van der Waals surface area contributed by atoms with Crippen molar-refractivity contribution in [2.24, 2.45) is 0 Å². The van der Waals surface area contributed by atoms with Gasteiger partial charge < -0.3 is 10.7 Å². The van der Waals surface area contributed by atoms with Crippen LogP contribution in [-0.2, 0) is 0 Å². The molecule has 0 atom stereocenters. The molecule has 0 amide bonds. The molecular weight excluding hydrogens is 88.1 g/mol. The van der Waals surface area contributed by atoms with Crippen LogP contribution >= 0.6 is 0 Å². The minimum atomic E-state index is 0.819. The van der Waals surface area contributed by atoms with Gasteiger partial charge in [0.05, 0.1) is 0 Å². The molecule has 1 rings (SSSR count). The molecule has 0 bridgehead atoms. The summed E-state index contributed by atoms with van der Waals surface area (Å²) in [5.74, 6) is 0. The first-order chi connectivity index (χ1) is 3.39. The van der Waals surface area contributed by atoms with Crippen molar-refractivity contribution in [3.63, 3.8) is 0 Å². The molecule has 40 valence electrons. The molecule has 0 saturated carbocycles. The van der Waals surface area contributed by atoms with E-state index in [1.165, 1.54) is 0 Å². The number of nitrogens with one attached hydrogen (secondary N) is 2. The van der Waals surface area contributed by atoms with Crippen LogP contribution in [-0.4, -0.2) is 18.8 Å². The van der Waals surface area contributed by atoms with Crippen LogP contribution in [0.1, 0.15) is 12.8 Å². The van der Waals surface area contributed by atoms with Gasteiger partial charge in [-0.1, -0.05) is 0 Å². The molecule has 1 saturated heterocycles. The Morgan fingerprint density at radius 1 is 1.57 bits per heavy atom. The normalized spacial score (nSPS) is 22.6. The van der Waals surface area contributed by atoms with Crippen molar-refractivity contribution in [3.8, 4) is 0 Å². The molecule has 0 unspecified atom stereocenters. The van der Waals surface area contributed by atoms with E-state index in [0.717, 1.165) is 31.6 Å². The van der Waals surface area contributed by atoms with Crippen molar-refractivity contribution >= 4 is 5.71 Å². The highest BCUT2D eigenvalue weighted by Gasteiger charge is 2.00. The predicted molar refractivity (Wildman–Crippen MR) is 29.8 cm³/mol. The first-order valence-electron chi connectivity index (χ1n) is 2.66. The summed E-state index contributed by atoms with van der Waals surface area (Å²) < 4.78 is 0. The summed E-state index contributed by atoms with van der Waals surface area (Å²) in [6.45, 7) is 1.92. The summed E-state index contributed by atoms with van der Waals surface area (Å²) in [6.07, 6.45) is 2.16. The third-order valence-corrected chi connectivity index (χ3v) is 1.17. The smallest absolute Gasteiger partial charge is 0.0332 e. The molecule has 0 aromatic rings. The van der Waals surface area contributed by atoms with E-state index in [-0.39, 0.29) is 0 Å². The molecule has 2 nitrogen and oxygen atoms in total. The Bertz CT molecular complexity index is 70.1. The van der Waals surface area contributed by atoms with Gasteiger partial charge in [0, 0.05) is 12.3 Å². The van der Waals surface area contributed by atoms with Gasteiger partial charge in [0.25, 0.3) is 0 Å². The van der Waals surface area contributed by atoms with Crippen molar-refractivity contribution in [1.82, 2.24) is 5.32 Å². The van der Waals surface area contributed by atoms with Crippen molar-refractivity contribution in [2.75, 3.05) is 13.1 Å². The zero-order valence-corrected chi connectivity index (χ0v) is 4.33. The Hall–Kier alpha value is -0.370. The lowest BCUT2D eigenvalue weighted by Gasteiger charge is -2.10. The minimum Gasteiger partial charge on any atom is -0.311 e. The van der Waals surface area contributed by atoms with Crippen LogP contribution < -0.4 is 5.32 Å². The molecule has 0 aliphatic carbocycles. The number of hydrogen-bond donors (Lipinski definition) is 2. The fraction of sp³-hybridized carbons (Fsp3) is 0.800. The molecule has 1 fully saturated rings. The van der Waals surface area contributed by atoms with Gasteiger partial charge in [0.15, 0.2) is 0 Å². The monoisotopic (exact) mass is 98.1 g/mol. The van der Waals surface area contributed by atoms with Gasteiger partial charge in [-0.2, -0.15) is 0 Å². The molecule has 1 aliphatic rings. The van der Waals surface area contributed by atoms with Crippen LogP contribution in [0.2, 0.25) is 0 Å².